The molecule has 0 heterocycles. The van der Waals surface area contributed by atoms with Crippen molar-refractivity contribution in [3.8, 4) is 5.75 Å². The molecule has 2 nitrogen and oxygen atoms in total. The monoisotopic (exact) mass is 183 g/mol. The zero-order chi connectivity index (χ0) is 9.84. The molecule has 0 spiro atoms. The molecule has 1 rings (SSSR count). The second-order valence-corrected chi connectivity index (χ2v) is 3.09. The van der Waals surface area contributed by atoms with Crippen LogP contribution in [0.15, 0.2) is 18.2 Å². The first kappa shape index (κ1) is 9.99. The van der Waals surface area contributed by atoms with E-state index < -0.39 is 0 Å². The molecule has 0 saturated heterocycles. The van der Waals surface area contributed by atoms with Gasteiger partial charge in [-0.25, -0.2) is 4.39 Å². The Balaban J connectivity index is 2.98. The molecule has 72 valence electrons. The maximum absolute atomic E-state index is 13.1. The van der Waals surface area contributed by atoms with Gasteiger partial charge in [0.05, 0.1) is 6.10 Å². The van der Waals surface area contributed by atoms with E-state index in [2.05, 4.69) is 0 Å². The quantitative estimate of drug-likeness (QED) is 0.778. The van der Waals surface area contributed by atoms with Crippen LogP contribution in [0.3, 0.4) is 0 Å². The van der Waals surface area contributed by atoms with Crippen molar-refractivity contribution in [2.45, 2.75) is 26.5 Å². The highest BCUT2D eigenvalue weighted by atomic mass is 19.1. The molecule has 3 heteroatoms. The molecule has 0 radical (unpaired) electrons. The Morgan fingerprint density at radius 2 is 2.15 bits per heavy atom. The number of hydrogen-bond donors (Lipinski definition) is 1. The van der Waals surface area contributed by atoms with Crippen LogP contribution in [0, 0.1) is 5.82 Å². The van der Waals surface area contributed by atoms with Gasteiger partial charge in [-0.2, -0.15) is 0 Å². The third kappa shape index (κ3) is 2.42. The van der Waals surface area contributed by atoms with Gasteiger partial charge in [0.1, 0.15) is 11.6 Å². The number of ether oxygens (including phenoxy) is 1. The van der Waals surface area contributed by atoms with Gasteiger partial charge in [-0.1, -0.05) is 6.07 Å². The number of rotatable bonds is 3. The van der Waals surface area contributed by atoms with Crippen LogP contribution in [-0.4, -0.2) is 6.10 Å². The van der Waals surface area contributed by atoms with E-state index >= 15 is 0 Å². The summed E-state index contributed by atoms with van der Waals surface area (Å²) in [5.74, 6) is 0.234. The third-order valence-electron chi connectivity index (χ3n) is 1.64. The van der Waals surface area contributed by atoms with E-state index in [1.165, 1.54) is 6.07 Å². The average Bonchev–Trinajstić information content (AvgIpc) is 2.03. The van der Waals surface area contributed by atoms with Crippen molar-refractivity contribution >= 4 is 0 Å². The highest BCUT2D eigenvalue weighted by Crippen LogP contribution is 2.21. The van der Waals surface area contributed by atoms with Gasteiger partial charge in [0.25, 0.3) is 0 Å². The van der Waals surface area contributed by atoms with Crippen molar-refractivity contribution in [1.82, 2.24) is 0 Å². The van der Waals surface area contributed by atoms with Crippen LogP contribution in [0.4, 0.5) is 4.39 Å². The van der Waals surface area contributed by atoms with E-state index in [0.717, 1.165) is 0 Å². The van der Waals surface area contributed by atoms with E-state index in [1.807, 2.05) is 13.8 Å². The summed E-state index contributed by atoms with van der Waals surface area (Å²) in [7, 11) is 0. The van der Waals surface area contributed by atoms with Crippen LogP contribution in [0.2, 0.25) is 0 Å². The van der Waals surface area contributed by atoms with Gasteiger partial charge in [0.2, 0.25) is 0 Å². The Morgan fingerprint density at radius 3 is 2.69 bits per heavy atom. The fraction of sp³-hybridized carbons (Fsp3) is 0.400. The number of benzene rings is 1. The first-order chi connectivity index (χ1) is 6.15. The summed E-state index contributed by atoms with van der Waals surface area (Å²) >= 11 is 0. The van der Waals surface area contributed by atoms with Gasteiger partial charge in [-0.15, -0.1) is 0 Å². The minimum absolute atomic E-state index is 0.0344. The molecule has 0 aromatic heterocycles. The molecule has 1 aromatic rings. The molecule has 0 bridgehead atoms. The van der Waals surface area contributed by atoms with Gasteiger partial charge < -0.3 is 10.5 Å². The molecule has 0 aliphatic heterocycles. The summed E-state index contributed by atoms with van der Waals surface area (Å²) in [5.41, 5.74) is 5.85. The van der Waals surface area contributed by atoms with Gasteiger partial charge in [0, 0.05) is 12.1 Å². The summed E-state index contributed by atoms with van der Waals surface area (Å²) in [6.07, 6.45) is 0.0344. The van der Waals surface area contributed by atoms with E-state index in [4.69, 9.17) is 10.5 Å². The topological polar surface area (TPSA) is 35.2 Å². The molecule has 0 fully saturated rings. The van der Waals surface area contributed by atoms with Crippen LogP contribution in [-0.2, 0) is 6.54 Å². The van der Waals surface area contributed by atoms with Crippen LogP contribution < -0.4 is 10.5 Å². The maximum Gasteiger partial charge on any atom is 0.131 e. The Hall–Kier alpha value is -1.09. The normalized spacial score (nSPS) is 10.5. The van der Waals surface area contributed by atoms with Gasteiger partial charge in [0.15, 0.2) is 0 Å². The molecule has 0 unspecified atom stereocenters. The summed E-state index contributed by atoms with van der Waals surface area (Å²) in [6.45, 7) is 3.95. The average molecular weight is 183 g/mol. The molecular formula is C10H14FNO. The zero-order valence-corrected chi connectivity index (χ0v) is 7.88. The summed E-state index contributed by atoms with van der Waals surface area (Å²) < 4.78 is 18.5. The van der Waals surface area contributed by atoms with Crippen LogP contribution in [0.1, 0.15) is 19.4 Å². The smallest absolute Gasteiger partial charge is 0.131 e. The van der Waals surface area contributed by atoms with E-state index in [1.54, 1.807) is 12.1 Å². The van der Waals surface area contributed by atoms with Crippen molar-refractivity contribution in [2.75, 3.05) is 0 Å². The Morgan fingerprint density at radius 1 is 1.46 bits per heavy atom. The first-order valence-corrected chi connectivity index (χ1v) is 4.29. The molecule has 0 saturated carbocycles. The van der Waals surface area contributed by atoms with Crippen molar-refractivity contribution < 1.29 is 9.13 Å². The molecule has 0 amide bonds. The second-order valence-electron chi connectivity index (χ2n) is 3.09. The summed E-state index contributed by atoms with van der Waals surface area (Å²) in [6, 6.07) is 4.73. The fourth-order valence-electron chi connectivity index (χ4n) is 1.10. The van der Waals surface area contributed by atoms with Crippen LogP contribution >= 0.6 is 0 Å². The van der Waals surface area contributed by atoms with Crippen molar-refractivity contribution in [3.63, 3.8) is 0 Å². The Bertz CT molecular complexity index is 286. The summed E-state index contributed by atoms with van der Waals surface area (Å²) in [5, 5.41) is 0. The lowest BCUT2D eigenvalue weighted by molar-refractivity contribution is 0.238. The lowest BCUT2D eigenvalue weighted by Crippen LogP contribution is -2.10. The second kappa shape index (κ2) is 4.23. The highest BCUT2D eigenvalue weighted by Gasteiger charge is 2.08. The van der Waals surface area contributed by atoms with Crippen molar-refractivity contribution in [3.05, 3.63) is 29.6 Å². The van der Waals surface area contributed by atoms with Gasteiger partial charge in [-0.05, 0) is 26.0 Å². The Kier molecular flexibility index (Phi) is 3.25. The molecule has 0 aliphatic carbocycles. The standard InChI is InChI=1S/C10H14FNO/c1-7(2)13-10-5-3-4-9(11)8(10)6-12/h3-5,7H,6,12H2,1-2H3. The highest BCUT2D eigenvalue weighted by molar-refractivity contribution is 5.34. The SMILES string of the molecule is CC(C)Oc1cccc(F)c1CN. The molecule has 0 aliphatic rings. The first-order valence-electron chi connectivity index (χ1n) is 4.29. The number of halogens is 1. The minimum Gasteiger partial charge on any atom is -0.491 e. The largest absolute Gasteiger partial charge is 0.491 e. The number of nitrogens with two attached hydrogens (primary N) is 1. The van der Waals surface area contributed by atoms with Crippen LogP contribution in [0.25, 0.3) is 0 Å². The zero-order valence-electron chi connectivity index (χ0n) is 7.88. The maximum atomic E-state index is 13.1. The summed E-state index contributed by atoms with van der Waals surface area (Å²) in [4.78, 5) is 0. The lowest BCUT2D eigenvalue weighted by Gasteiger charge is -2.13. The fourth-order valence-corrected chi connectivity index (χ4v) is 1.10. The van der Waals surface area contributed by atoms with Crippen molar-refractivity contribution in [1.29, 1.82) is 0 Å². The molecule has 1 aromatic carbocycles. The minimum atomic E-state index is -0.305. The lowest BCUT2D eigenvalue weighted by atomic mass is 10.2. The molecule has 2 N–H and O–H groups in total. The third-order valence-corrected chi connectivity index (χ3v) is 1.64. The molecule has 0 atom stereocenters. The van der Waals surface area contributed by atoms with Gasteiger partial charge >= 0.3 is 0 Å². The van der Waals surface area contributed by atoms with E-state index in [0.29, 0.717) is 11.3 Å². The van der Waals surface area contributed by atoms with E-state index in [-0.39, 0.29) is 18.5 Å². The molecule has 13 heavy (non-hydrogen) atoms. The number of hydrogen-bond acceptors (Lipinski definition) is 2. The Labute approximate surface area is 77.5 Å². The van der Waals surface area contributed by atoms with Crippen molar-refractivity contribution in [2.24, 2.45) is 5.73 Å². The van der Waals surface area contributed by atoms with Crippen LogP contribution in [0.5, 0.6) is 5.75 Å². The molecular weight excluding hydrogens is 169 g/mol. The predicted octanol–water partition coefficient (Wildman–Crippen LogP) is 2.07. The van der Waals surface area contributed by atoms with Gasteiger partial charge in [-0.3, -0.25) is 0 Å². The van der Waals surface area contributed by atoms with E-state index in [9.17, 15) is 4.39 Å². The predicted molar refractivity (Wildman–Crippen MR) is 50.1 cm³/mol.